The Morgan fingerprint density at radius 3 is 2.10 bits per heavy atom. The van der Waals surface area contributed by atoms with Crippen LogP contribution >= 0.6 is 0 Å². The molecule has 0 N–H and O–H groups in total. The molecule has 2 bridgehead atoms. The van der Waals surface area contributed by atoms with Crippen LogP contribution in [0.2, 0.25) is 0 Å². The number of fused-ring (bicyclic) bond motifs is 5. The fraction of sp³-hybridized carbons (Fsp3) is 0.714. The van der Waals surface area contributed by atoms with E-state index in [1.54, 1.807) is 0 Å². The van der Waals surface area contributed by atoms with Gasteiger partial charge in [-0.05, 0) is 20.8 Å². The maximum absolute atomic E-state index is 13.9. The number of halogens is 3. The molecule has 1 saturated heterocycles. The zero-order valence-electron chi connectivity index (χ0n) is 12.0. The lowest BCUT2D eigenvalue weighted by Gasteiger charge is -2.33. The molecule has 0 aromatic rings. The highest BCUT2D eigenvalue weighted by Gasteiger charge is 3.05. The first-order valence-corrected chi connectivity index (χ1v) is 6.52. The monoisotopic (exact) mass is 304 g/mol. The minimum Gasteiger partial charge on any atom is -0.469 e. The summed E-state index contributed by atoms with van der Waals surface area (Å²) in [5.41, 5.74) is -7.71. The standard InChI is InChI=1S/C14H15F3O4/c1-7(18)12-8(9(19)20-4)13(12,14(15,16)17)11(3)6-5-10(12,2)21-11/h5-6,8H,1-4H3/t8-,10+,11-,12+,13+/m1/s1. The number of methoxy groups -OCH3 is 1. The molecule has 0 amide bonds. The maximum atomic E-state index is 13.9. The summed E-state index contributed by atoms with van der Waals surface area (Å²) in [7, 11) is 1.02. The van der Waals surface area contributed by atoms with E-state index in [1.807, 2.05) is 0 Å². The summed E-state index contributed by atoms with van der Waals surface area (Å²) in [6, 6.07) is 0. The Morgan fingerprint density at radius 2 is 1.71 bits per heavy atom. The highest BCUT2D eigenvalue weighted by Crippen LogP contribution is 2.90. The van der Waals surface area contributed by atoms with E-state index >= 15 is 0 Å². The Balaban J connectivity index is 2.34. The van der Waals surface area contributed by atoms with Gasteiger partial charge in [-0.1, -0.05) is 12.2 Å². The fourth-order valence-electron chi connectivity index (χ4n) is 5.05. The number of Topliss-reactive ketones (excluding diaryl/α,β-unsaturated/α-hetero) is 1. The Kier molecular flexibility index (Phi) is 2.32. The lowest BCUT2D eigenvalue weighted by atomic mass is 9.69. The van der Waals surface area contributed by atoms with Crippen molar-refractivity contribution in [3.05, 3.63) is 12.2 Å². The van der Waals surface area contributed by atoms with Gasteiger partial charge in [0.25, 0.3) is 0 Å². The van der Waals surface area contributed by atoms with Crippen molar-refractivity contribution in [3.8, 4) is 0 Å². The normalized spacial score (nSPS) is 50.0. The molecule has 3 aliphatic rings. The minimum absolute atomic E-state index is 0.703. The number of carbonyl (C=O) groups is 2. The molecule has 3 rings (SSSR count). The predicted octanol–water partition coefficient (Wildman–Crippen LogP) is 2.03. The number of ketones is 1. The van der Waals surface area contributed by atoms with Gasteiger partial charge < -0.3 is 9.47 Å². The number of rotatable bonds is 2. The molecule has 2 fully saturated rings. The molecule has 21 heavy (non-hydrogen) atoms. The Morgan fingerprint density at radius 1 is 1.19 bits per heavy atom. The van der Waals surface area contributed by atoms with Crippen LogP contribution in [0.4, 0.5) is 13.2 Å². The van der Waals surface area contributed by atoms with Crippen LogP contribution in [0.3, 0.4) is 0 Å². The number of carbonyl (C=O) groups excluding carboxylic acids is 2. The van der Waals surface area contributed by atoms with E-state index in [1.165, 1.54) is 26.0 Å². The third-order valence-corrected chi connectivity index (χ3v) is 5.55. The number of ether oxygens (including phenoxy) is 2. The summed E-state index contributed by atoms with van der Waals surface area (Å²) in [5.74, 6) is -3.30. The molecule has 0 unspecified atom stereocenters. The SMILES string of the molecule is COC(=O)[C@@H]1[C@]2(C(C)=O)[C@@]1(C(F)(F)F)[C@@]1(C)C=C[C@]2(C)O1. The van der Waals surface area contributed by atoms with E-state index in [0.29, 0.717) is 0 Å². The topological polar surface area (TPSA) is 52.6 Å². The molecule has 0 aromatic carbocycles. The van der Waals surface area contributed by atoms with Crippen LogP contribution in [0.5, 0.6) is 0 Å². The number of esters is 1. The van der Waals surface area contributed by atoms with Crippen molar-refractivity contribution in [1.82, 2.24) is 0 Å². The molecule has 1 saturated carbocycles. The summed E-state index contributed by atoms with van der Waals surface area (Å²) in [6.07, 6.45) is -2.00. The van der Waals surface area contributed by atoms with E-state index < -0.39 is 45.9 Å². The van der Waals surface area contributed by atoms with Crippen LogP contribution in [0.1, 0.15) is 20.8 Å². The van der Waals surface area contributed by atoms with Crippen molar-refractivity contribution in [2.24, 2.45) is 16.7 Å². The lowest BCUT2D eigenvalue weighted by Crippen LogP contribution is -2.47. The van der Waals surface area contributed by atoms with E-state index in [0.717, 1.165) is 14.0 Å². The number of hydrogen-bond acceptors (Lipinski definition) is 4. The predicted molar refractivity (Wildman–Crippen MR) is 64.1 cm³/mol. The fourth-order valence-corrected chi connectivity index (χ4v) is 5.05. The number of hydrogen-bond donors (Lipinski definition) is 0. The van der Waals surface area contributed by atoms with Crippen molar-refractivity contribution < 1.29 is 32.2 Å². The molecule has 0 spiro atoms. The molecule has 2 aliphatic heterocycles. The second-order valence-corrected chi connectivity index (χ2v) is 6.28. The average Bonchev–Trinajstić information content (AvgIpc) is 2.89. The van der Waals surface area contributed by atoms with Gasteiger partial charge in [-0.3, -0.25) is 9.59 Å². The van der Waals surface area contributed by atoms with Gasteiger partial charge in [0.2, 0.25) is 0 Å². The third-order valence-electron chi connectivity index (χ3n) is 5.55. The van der Waals surface area contributed by atoms with Gasteiger partial charge in [-0.25, -0.2) is 0 Å². The minimum atomic E-state index is -4.77. The van der Waals surface area contributed by atoms with Gasteiger partial charge in [0, 0.05) is 0 Å². The molecule has 116 valence electrons. The summed E-state index contributed by atoms with van der Waals surface area (Å²) >= 11 is 0. The summed E-state index contributed by atoms with van der Waals surface area (Å²) in [6.45, 7) is 3.78. The van der Waals surface area contributed by atoms with Crippen molar-refractivity contribution in [1.29, 1.82) is 0 Å². The Hall–Kier alpha value is -1.37. The zero-order chi connectivity index (χ0) is 16.1. The lowest BCUT2D eigenvalue weighted by molar-refractivity contribution is -0.232. The third kappa shape index (κ3) is 1.06. The molecule has 7 heteroatoms. The second kappa shape index (κ2) is 3.34. The van der Waals surface area contributed by atoms with Gasteiger partial charge in [-0.2, -0.15) is 13.2 Å². The van der Waals surface area contributed by atoms with Crippen LogP contribution < -0.4 is 0 Å². The van der Waals surface area contributed by atoms with Gasteiger partial charge in [0.15, 0.2) is 0 Å². The molecule has 1 aliphatic carbocycles. The van der Waals surface area contributed by atoms with E-state index in [2.05, 4.69) is 4.74 Å². The first-order chi connectivity index (χ1) is 9.46. The molecule has 5 atom stereocenters. The average molecular weight is 304 g/mol. The first kappa shape index (κ1) is 14.6. The Bertz CT molecular complexity index is 598. The van der Waals surface area contributed by atoms with Crippen LogP contribution in [0.15, 0.2) is 12.2 Å². The van der Waals surface area contributed by atoms with Crippen molar-refractivity contribution in [3.63, 3.8) is 0 Å². The van der Waals surface area contributed by atoms with Crippen LogP contribution in [0.25, 0.3) is 0 Å². The Labute approximate surface area is 119 Å². The van der Waals surface area contributed by atoms with E-state index in [4.69, 9.17) is 4.74 Å². The van der Waals surface area contributed by atoms with Gasteiger partial charge in [0.05, 0.1) is 24.0 Å². The molecular formula is C14H15F3O4. The summed E-state index contributed by atoms with van der Waals surface area (Å²) in [5, 5.41) is 0. The number of alkyl halides is 3. The molecule has 0 radical (unpaired) electrons. The van der Waals surface area contributed by atoms with Crippen LogP contribution in [-0.2, 0) is 19.1 Å². The van der Waals surface area contributed by atoms with E-state index in [-0.39, 0.29) is 0 Å². The second-order valence-electron chi connectivity index (χ2n) is 6.28. The van der Waals surface area contributed by atoms with Crippen LogP contribution in [0, 0.1) is 16.7 Å². The van der Waals surface area contributed by atoms with Crippen molar-refractivity contribution in [2.75, 3.05) is 7.11 Å². The highest BCUT2D eigenvalue weighted by atomic mass is 19.4. The first-order valence-electron chi connectivity index (χ1n) is 6.52. The van der Waals surface area contributed by atoms with Crippen LogP contribution in [-0.4, -0.2) is 36.2 Å². The zero-order valence-corrected chi connectivity index (χ0v) is 12.0. The molecule has 0 aromatic heterocycles. The van der Waals surface area contributed by atoms with Crippen molar-refractivity contribution >= 4 is 11.8 Å². The molecular weight excluding hydrogens is 289 g/mol. The quantitative estimate of drug-likeness (QED) is 0.578. The van der Waals surface area contributed by atoms with Gasteiger partial charge in [-0.15, -0.1) is 0 Å². The smallest absolute Gasteiger partial charge is 0.399 e. The highest BCUT2D eigenvalue weighted by molar-refractivity contribution is 6.00. The van der Waals surface area contributed by atoms with Crippen molar-refractivity contribution in [2.45, 2.75) is 38.1 Å². The molecule has 4 nitrogen and oxygen atoms in total. The largest absolute Gasteiger partial charge is 0.469 e. The summed E-state index contributed by atoms with van der Waals surface area (Å²) in [4.78, 5) is 24.2. The molecule has 2 heterocycles. The summed E-state index contributed by atoms with van der Waals surface area (Å²) < 4.78 is 51.9. The van der Waals surface area contributed by atoms with E-state index in [9.17, 15) is 22.8 Å². The maximum Gasteiger partial charge on any atom is 0.399 e. The van der Waals surface area contributed by atoms with Gasteiger partial charge >= 0.3 is 12.1 Å². The van der Waals surface area contributed by atoms with Gasteiger partial charge in [0.1, 0.15) is 16.8 Å².